The van der Waals surface area contributed by atoms with Gasteiger partial charge in [-0.25, -0.2) is 0 Å². The molecule has 4 heteroatoms. The summed E-state index contributed by atoms with van der Waals surface area (Å²) >= 11 is 0. The zero-order chi connectivity index (χ0) is 16.2. The van der Waals surface area contributed by atoms with Crippen LogP contribution in [0.1, 0.15) is 45.1 Å². The molecule has 4 nitrogen and oxygen atoms in total. The number of carbonyl (C=O) groups excluding carboxylic acids is 2. The van der Waals surface area contributed by atoms with Gasteiger partial charge in [0.25, 0.3) is 0 Å². The molecule has 0 atom stereocenters. The number of amides is 2. The van der Waals surface area contributed by atoms with Crippen LogP contribution in [-0.4, -0.2) is 36.3 Å². The molecular weight excluding hydrogens is 276 g/mol. The molecule has 122 valence electrons. The molecule has 0 fully saturated rings. The Labute approximate surface area is 133 Å². The molecule has 1 aromatic carbocycles. The average molecular weight is 304 g/mol. The second kappa shape index (κ2) is 10.8. The van der Waals surface area contributed by atoms with Crippen LogP contribution in [0.5, 0.6) is 0 Å². The van der Waals surface area contributed by atoms with E-state index >= 15 is 0 Å². The van der Waals surface area contributed by atoms with Crippen LogP contribution in [0.3, 0.4) is 0 Å². The van der Waals surface area contributed by atoms with Crippen LogP contribution in [0.15, 0.2) is 30.3 Å². The minimum Gasteiger partial charge on any atom is -0.354 e. The maximum Gasteiger partial charge on any atom is 0.220 e. The van der Waals surface area contributed by atoms with Crippen molar-refractivity contribution in [3.8, 4) is 0 Å². The maximum atomic E-state index is 11.6. The van der Waals surface area contributed by atoms with E-state index in [2.05, 4.69) is 24.4 Å². The molecule has 0 heterocycles. The number of hydrogen-bond acceptors (Lipinski definition) is 2. The van der Waals surface area contributed by atoms with Crippen LogP contribution < -0.4 is 5.32 Å². The van der Waals surface area contributed by atoms with Crippen LogP contribution >= 0.6 is 0 Å². The summed E-state index contributed by atoms with van der Waals surface area (Å²) in [5.41, 5.74) is 1.29. The Bertz CT molecular complexity index is 446. The zero-order valence-electron chi connectivity index (χ0n) is 13.8. The standard InChI is InChI=1S/C18H28N2O2/c1-3-4-12-18(22)19-13-15-20(16(2)21)14-8-11-17-9-6-5-7-10-17/h5-7,9-10H,3-4,8,11-15H2,1-2H3,(H,19,22). The predicted molar refractivity (Wildman–Crippen MR) is 89.6 cm³/mol. The van der Waals surface area contributed by atoms with Gasteiger partial charge in [-0.1, -0.05) is 43.7 Å². The summed E-state index contributed by atoms with van der Waals surface area (Å²) in [6, 6.07) is 10.3. The number of hydrogen-bond donors (Lipinski definition) is 1. The molecule has 0 bridgehead atoms. The van der Waals surface area contributed by atoms with Gasteiger partial charge in [-0.2, -0.15) is 0 Å². The van der Waals surface area contributed by atoms with E-state index in [1.807, 2.05) is 23.1 Å². The van der Waals surface area contributed by atoms with Gasteiger partial charge in [0, 0.05) is 33.0 Å². The fourth-order valence-electron chi connectivity index (χ4n) is 2.30. The lowest BCUT2D eigenvalue weighted by Gasteiger charge is -2.21. The van der Waals surface area contributed by atoms with Crippen molar-refractivity contribution in [1.29, 1.82) is 0 Å². The highest BCUT2D eigenvalue weighted by atomic mass is 16.2. The van der Waals surface area contributed by atoms with Crippen molar-refractivity contribution in [3.05, 3.63) is 35.9 Å². The molecule has 1 N–H and O–H groups in total. The lowest BCUT2D eigenvalue weighted by Crippen LogP contribution is -2.38. The summed E-state index contributed by atoms with van der Waals surface area (Å²) in [5.74, 6) is 0.144. The highest BCUT2D eigenvalue weighted by molar-refractivity contribution is 5.76. The summed E-state index contributed by atoms with van der Waals surface area (Å²) in [7, 11) is 0. The molecule has 0 radical (unpaired) electrons. The van der Waals surface area contributed by atoms with E-state index in [0.717, 1.165) is 32.2 Å². The van der Waals surface area contributed by atoms with Gasteiger partial charge in [0.2, 0.25) is 11.8 Å². The van der Waals surface area contributed by atoms with E-state index < -0.39 is 0 Å². The normalized spacial score (nSPS) is 10.3. The second-order valence-corrected chi connectivity index (χ2v) is 5.55. The Hall–Kier alpha value is -1.84. The fraction of sp³-hybridized carbons (Fsp3) is 0.556. The Kier molecular flexibility index (Phi) is 8.96. The average Bonchev–Trinajstić information content (AvgIpc) is 2.52. The Morgan fingerprint density at radius 2 is 1.82 bits per heavy atom. The number of carbonyl (C=O) groups is 2. The van der Waals surface area contributed by atoms with Gasteiger partial charge in [-0.05, 0) is 24.8 Å². The highest BCUT2D eigenvalue weighted by Gasteiger charge is 2.09. The summed E-state index contributed by atoms with van der Waals surface area (Å²) < 4.78 is 0. The third kappa shape index (κ3) is 7.81. The number of nitrogens with zero attached hydrogens (tertiary/aromatic N) is 1. The zero-order valence-corrected chi connectivity index (χ0v) is 13.8. The van der Waals surface area contributed by atoms with Crippen LogP contribution in [0, 0.1) is 0 Å². The smallest absolute Gasteiger partial charge is 0.220 e. The maximum absolute atomic E-state index is 11.6. The summed E-state index contributed by atoms with van der Waals surface area (Å²) in [6.45, 7) is 5.50. The molecule has 22 heavy (non-hydrogen) atoms. The molecule has 0 aromatic heterocycles. The van der Waals surface area contributed by atoms with Crippen LogP contribution in [0.25, 0.3) is 0 Å². The first-order chi connectivity index (χ1) is 10.6. The first kappa shape index (κ1) is 18.2. The summed E-state index contributed by atoms with van der Waals surface area (Å²) in [6.07, 6.45) is 4.41. The Morgan fingerprint density at radius 3 is 2.45 bits per heavy atom. The molecule has 1 rings (SSSR count). The largest absolute Gasteiger partial charge is 0.354 e. The SMILES string of the molecule is CCCCC(=O)NCCN(CCCc1ccccc1)C(C)=O. The van der Waals surface area contributed by atoms with Crippen LogP contribution in [0.4, 0.5) is 0 Å². The lowest BCUT2D eigenvalue weighted by atomic mass is 10.1. The van der Waals surface area contributed by atoms with E-state index in [1.54, 1.807) is 6.92 Å². The topological polar surface area (TPSA) is 49.4 Å². The van der Waals surface area contributed by atoms with Crippen LogP contribution in [0.2, 0.25) is 0 Å². The minimum atomic E-state index is 0.0656. The molecule has 0 saturated carbocycles. The molecule has 0 aliphatic heterocycles. The van der Waals surface area contributed by atoms with Crippen molar-refractivity contribution in [2.75, 3.05) is 19.6 Å². The molecule has 0 unspecified atom stereocenters. The van der Waals surface area contributed by atoms with Crippen molar-refractivity contribution >= 4 is 11.8 Å². The van der Waals surface area contributed by atoms with Gasteiger partial charge >= 0.3 is 0 Å². The van der Waals surface area contributed by atoms with Crippen molar-refractivity contribution in [2.24, 2.45) is 0 Å². The molecular formula is C18H28N2O2. The number of rotatable bonds is 10. The van der Waals surface area contributed by atoms with Crippen LogP contribution in [-0.2, 0) is 16.0 Å². The third-order valence-electron chi connectivity index (χ3n) is 3.64. The van der Waals surface area contributed by atoms with E-state index in [9.17, 15) is 9.59 Å². The first-order valence-electron chi connectivity index (χ1n) is 8.19. The first-order valence-corrected chi connectivity index (χ1v) is 8.19. The van der Waals surface area contributed by atoms with E-state index in [0.29, 0.717) is 19.5 Å². The number of aryl methyl sites for hydroxylation is 1. The molecule has 0 aliphatic carbocycles. The van der Waals surface area contributed by atoms with Gasteiger partial charge in [0.15, 0.2) is 0 Å². The van der Waals surface area contributed by atoms with E-state index in [4.69, 9.17) is 0 Å². The summed E-state index contributed by atoms with van der Waals surface area (Å²) in [4.78, 5) is 25.0. The van der Waals surface area contributed by atoms with Crippen molar-refractivity contribution in [2.45, 2.75) is 46.0 Å². The van der Waals surface area contributed by atoms with Gasteiger partial charge in [-0.3, -0.25) is 9.59 Å². The quantitative estimate of drug-likeness (QED) is 0.722. The van der Waals surface area contributed by atoms with E-state index in [-0.39, 0.29) is 11.8 Å². The highest BCUT2D eigenvalue weighted by Crippen LogP contribution is 2.03. The van der Waals surface area contributed by atoms with Gasteiger partial charge in [0.05, 0.1) is 0 Å². The van der Waals surface area contributed by atoms with Gasteiger partial charge in [0.1, 0.15) is 0 Å². The van der Waals surface area contributed by atoms with Gasteiger partial charge < -0.3 is 10.2 Å². The molecule has 0 aliphatic rings. The summed E-state index contributed by atoms with van der Waals surface area (Å²) in [5, 5.41) is 2.88. The van der Waals surface area contributed by atoms with Crippen molar-refractivity contribution in [3.63, 3.8) is 0 Å². The fourth-order valence-corrected chi connectivity index (χ4v) is 2.30. The lowest BCUT2D eigenvalue weighted by molar-refractivity contribution is -0.129. The number of nitrogens with one attached hydrogen (secondary N) is 1. The Morgan fingerprint density at radius 1 is 1.09 bits per heavy atom. The molecule has 1 aromatic rings. The monoisotopic (exact) mass is 304 g/mol. The van der Waals surface area contributed by atoms with Crippen molar-refractivity contribution in [1.82, 2.24) is 10.2 Å². The second-order valence-electron chi connectivity index (χ2n) is 5.55. The predicted octanol–water partition coefficient (Wildman–Crippen LogP) is 2.77. The number of unbranched alkanes of at least 4 members (excludes halogenated alkanes) is 1. The van der Waals surface area contributed by atoms with Crippen molar-refractivity contribution < 1.29 is 9.59 Å². The van der Waals surface area contributed by atoms with E-state index in [1.165, 1.54) is 5.56 Å². The molecule has 0 spiro atoms. The Balaban J connectivity index is 2.24. The minimum absolute atomic E-state index is 0.0656. The molecule has 2 amide bonds. The number of benzene rings is 1. The molecule has 0 saturated heterocycles. The van der Waals surface area contributed by atoms with Gasteiger partial charge in [-0.15, -0.1) is 0 Å². The third-order valence-corrected chi connectivity index (χ3v) is 3.64.